The van der Waals surface area contributed by atoms with Gasteiger partial charge in [-0.15, -0.1) is 0 Å². The van der Waals surface area contributed by atoms with E-state index in [0.29, 0.717) is 6.42 Å². The third kappa shape index (κ3) is 5.89. The van der Waals surface area contributed by atoms with Crippen molar-refractivity contribution in [3.63, 3.8) is 0 Å². The molecule has 0 aliphatic heterocycles. The molecule has 1 N–H and O–H groups in total. The standard InChI is InChI=1S/C13H23NO4/c1-9(15)17-11-7-5-6-10(8-11)14-12(16)18-13(2,3)4/h10-11H,5-8H2,1-4H3,(H,14,16)/t10-,11-/m1/s1. The summed E-state index contributed by atoms with van der Waals surface area (Å²) in [5.41, 5.74) is -0.492. The van der Waals surface area contributed by atoms with Crippen LogP contribution in [0.4, 0.5) is 4.79 Å². The molecular weight excluding hydrogens is 234 g/mol. The van der Waals surface area contributed by atoms with E-state index in [9.17, 15) is 9.59 Å². The Morgan fingerprint density at radius 3 is 2.44 bits per heavy atom. The van der Waals surface area contributed by atoms with Crippen molar-refractivity contribution in [2.24, 2.45) is 0 Å². The number of hydrogen-bond donors (Lipinski definition) is 1. The van der Waals surface area contributed by atoms with Crippen molar-refractivity contribution in [3.8, 4) is 0 Å². The molecule has 0 unspecified atom stereocenters. The van der Waals surface area contributed by atoms with Crippen molar-refractivity contribution in [3.05, 3.63) is 0 Å². The van der Waals surface area contributed by atoms with Crippen LogP contribution < -0.4 is 5.32 Å². The van der Waals surface area contributed by atoms with Crippen molar-refractivity contribution in [2.75, 3.05) is 0 Å². The van der Waals surface area contributed by atoms with Crippen molar-refractivity contribution in [1.82, 2.24) is 5.32 Å². The highest BCUT2D eigenvalue weighted by Gasteiger charge is 2.26. The summed E-state index contributed by atoms with van der Waals surface area (Å²) >= 11 is 0. The molecule has 2 atom stereocenters. The summed E-state index contributed by atoms with van der Waals surface area (Å²) in [6, 6.07) is 0.0259. The average molecular weight is 257 g/mol. The van der Waals surface area contributed by atoms with Crippen LogP contribution >= 0.6 is 0 Å². The van der Waals surface area contributed by atoms with Gasteiger partial charge < -0.3 is 14.8 Å². The molecule has 1 rings (SSSR count). The molecule has 0 radical (unpaired) electrons. The van der Waals surface area contributed by atoms with Gasteiger partial charge in [0.15, 0.2) is 0 Å². The lowest BCUT2D eigenvalue weighted by Gasteiger charge is -2.30. The molecule has 1 saturated carbocycles. The lowest BCUT2D eigenvalue weighted by atomic mass is 9.93. The Morgan fingerprint density at radius 1 is 1.22 bits per heavy atom. The molecule has 1 fully saturated rings. The Balaban J connectivity index is 2.38. The first kappa shape index (κ1) is 14.8. The highest BCUT2D eigenvalue weighted by Crippen LogP contribution is 2.21. The number of amides is 1. The second-order valence-electron chi connectivity index (χ2n) is 5.74. The number of rotatable bonds is 2. The lowest BCUT2D eigenvalue weighted by Crippen LogP contribution is -2.43. The minimum absolute atomic E-state index is 0.0259. The van der Waals surface area contributed by atoms with Crippen LogP contribution in [0.25, 0.3) is 0 Å². The zero-order valence-electron chi connectivity index (χ0n) is 11.6. The predicted octanol–water partition coefficient (Wildman–Crippen LogP) is 2.39. The van der Waals surface area contributed by atoms with Gasteiger partial charge in [0.25, 0.3) is 0 Å². The van der Waals surface area contributed by atoms with Gasteiger partial charge >= 0.3 is 12.1 Å². The van der Waals surface area contributed by atoms with E-state index < -0.39 is 11.7 Å². The van der Waals surface area contributed by atoms with E-state index in [2.05, 4.69) is 5.32 Å². The fraction of sp³-hybridized carbons (Fsp3) is 0.846. The quantitative estimate of drug-likeness (QED) is 0.771. The molecule has 5 nitrogen and oxygen atoms in total. The molecule has 1 aliphatic rings. The van der Waals surface area contributed by atoms with Crippen molar-refractivity contribution in [1.29, 1.82) is 0 Å². The van der Waals surface area contributed by atoms with Crippen LogP contribution in [0.1, 0.15) is 53.4 Å². The maximum atomic E-state index is 11.6. The average Bonchev–Trinajstić information content (AvgIpc) is 2.13. The highest BCUT2D eigenvalue weighted by atomic mass is 16.6. The normalized spacial score (nSPS) is 24.2. The monoisotopic (exact) mass is 257 g/mol. The first-order valence-corrected chi connectivity index (χ1v) is 6.43. The van der Waals surface area contributed by atoms with Gasteiger partial charge in [0.2, 0.25) is 0 Å². The molecule has 104 valence electrons. The van der Waals surface area contributed by atoms with E-state index >= 15 is 0 Å². The number of ether oxygens (including phenoxy) is 2. The second-order valence-corrected chi connectivity index (χ2v) is 5.74. The molecule has 5 heteroatoms. The number of carbonyl (C=O) groups excluding carboxylic acids is 2. The fourth-order valence-corrected chi connectivity index (χ4v) is 2.09. The minimum Gasteiger partial charge on any atom is -0.462 e. The van der Waals surface area contributed by atoms with Crippen LogP contribution in [-0.4, -0.2) is 29.8 Å². The third-order valence-corrected chi connectivity index (χ3v) is 2.68. The van der Waals surface area contributed by atoms with Gasteiger partial charge in [0.05, 0.1) is 0 Å². The minimum atomic E-state index is -0.492. The number of hydrogen-bond acceptors (Lipinski definition) is 4. The topological polar surface area (TPSA) is 64.6 Å². The zero-order valence-corrected chi connectivity index (χ0v) is 11.6. The number of carbonyl (C=O) groups is 2. The van der Waals surface area contributed by atoms with E-state index in [4.69, 9.17) is 9.47 Å². The van der Waals surface area contributed by atoms with Crippen LogP contribution in [0, 0.1) is 0 Å². The number of alkyl carbamates (subject to hydrolysis) is 1. The third-order valence-electron chi connectivity index (χ3n) is 2.68. The maximum absolute atomic E-state index is 11.6. The lowest BCUT2D eigenvalue weighted by molar-refractivity contribution is -0.148. The van der Waals surface area contributed by atoms with Gasteiger partial charge in [-0.25, -0.2) is 4.79 Å². The number of esters is 1. The Bertz CT molecular complexity index is 309. The van der Waals surface area contributed by atoms with E-state index in [1.165, 1.54) is 6.92 Å². The molecule has 1 amide bonds. The summed E-state index contributed by atoms with van der Waals surface area (Å²) in [5, 5.41) is 2.83. The molecule has 0 spiro atoms. The first-order chi connectivity index (χ1) is 8.26. The summed E-state index contributed by atoms with van der Waals surface area (Å²) in [6.45, 7) is 6.89. The van der Waals surface area contributed by atoms with Crippen LogP contribution in [-0.2, 0) is 14.3 Å². The van der Waals surface area contributed by atoms with Crippen LogP contribution in [0.3, 0.4) is 0 Å². The molecule has 0 heterocycles. The summed E-state index contributed by atoms with van der Waals surface area (Å²) in [4.78, 5) is 22.5. The van der Waals surface area contributed by atoms with Gasteiger partial charge in [0.1, 0.15) is 11.7 Å². The Labute approximate surface area is 108 Å². The van der Waals surface area contributed by atoms with E-state index in [0.717, 1.165) is 19.3 Å². The summed E-state index contributed by atoms with van der Waals surface area (Å²) < 4.78 is 10.4. The molecule has 0 aromatic heterocycles. The smallest absolute Gasteiger partial charge is 0.407 e. The largest absolute Gasteiger partial charge is 0.462 e. The Hall–Kier alpha value is -1.26. The van der Waals surface area contributed by atoms with Crippen molar-refractivity contribution in [2.45, 2.75) is 71.1 Å². The van der Waals surface area contributed by atoms with Gasteiger partial charge in [0, 0.05) is 19.4 Å². The van der Waals surface area contributed by atoms with E-state index in [1.807, 2.05) is 20.8 Å². The summed E-state index contributed by atoms with van der Waals surface area (Å²) in [6.07, 6.45) is 2.88. The first-order valence-electron chi connectivity index (χ1n) is 6.43. The zero-order chi connectivity index (χ0) is 13.8. The van der Waals surface area contributed by atoms with Gasteiger partial charge in [-0.1, -0.05) is 0 Å². The van der Waals surface area contributed by atoms with Gasteiger partial charge in [-0.05, 0) is 40.0 Å². The highest BCUT2D eigenvalue weighted by molar-refractivity contribution is 5.68. The SMILES string of the molecule is CC(=O)O[C@@H]1CCC[C@@H](NC(=O)OC(C)(C)C)C1. The van der Waals surface area contributed by atoms with E-state index in [1.54, 1.807) is 0 Å². The van der Waals surface area contributed by atoms with Crippen molar-refractivity contribution < 1.29 is 19.1 Å². The molecule has 18 heavy (non-hydrogen) atoms. The molecule has 0 aromatic rings. The molecule has 0 aromatic carbocycles. The number of nitrogens with one attached hydrogen (secondary N) is 1. The molecular formula is C13H23NO4. The fourth-order valence-electron chi connectivity index (χ4n) is 2.09. The van der Waals surface area contributed by atoms with Crippen LogP contribution in [0.15, 0.2) is 0 Å². The predicted molar refractivity (Wildman–Crippen MR) is 67.2 cm³/mol. The Morgan fingerprint density at radius 2 is 1.89 bits per heavy atom. The molecule has 0 saturated heterocycles. The van der Waals surface area contributed by atoms with Gasteiger partial charge in [-0.2, -0.15) is 0 Å². The maximum Gasteiger partial charge on any atom is 0.407 e. The summed E-state index contributed by atoms with van der Waals surface area (Å²) in [5.74, 6) is -0.266. The Kier molecular flexibility index (Phi) is 4.99. The summed E-state index contributed by atoms with van der Waals surface area (Å²) in [7, 11) is 0. The van der Waals surface area contributed by atoms with E-state index in [-0.39, 0.29) is 18.1 Å². The van der Waals surface area contributed by atoms with Crippen LogP contribution in [0.2, 0.25) is 0 Å². The van der Waals surface area contributed by atoms with Crippen molar-refractivity contribution >= 4 is 12.1 Å². The van der Waals surface area contributed by atoms with Gasteiger partial charge in [-0.3, -0.25) is 4.79 Å². The molecule has 1 aliphatic carbocycles. The molecule has 0 bridgehead atoms. The van der Waals surface area contributed by atoms with Crippen LogP contribution in [0.5, 0.6) is 0 Å². The second kappa shape index (κ2) is 6.07.